The predicted molar refractivity (Wildman–Crippen MR) is 70.5 cm³/mol. The molecule has 0 aliphatic carbocycles. The lowest BCUT2D eigenvalue weighted by Gasteiger charge is -2.27. The van der Waals surface area contributed by atoms with Crippen LogP contribution in [0.25, 0.3) is 0 Å². The van der Waals surface area contributed by atoms with Crippen molar-refractivity contribution in [1.82, 2.24) is 4.90 Å². The maximum Gasteiger partial charge on any atom is 0.128 e. The number of hydrogen-bond donors (Lipinski definition) is 1. The molecular formula is C15H20F2NO. The highest BCUT2D eigenvalue weighted by Crippen LogP contribution is 2.34. The smallest absolute Gasteiger partial charge is 0.128 e. The molecule has 1 fully saturated rings. The summed E-state index contributed by atoms with van der Waals surface area (Å²) in [6.45, 7) is 3.73. The molecule has 4 heteroatoms. The highest BCUT2D eigenvalue weighted by molar-refractivity contribution is 5.23. The van der Waals surface area contributed by atoms with Crippen LogP contribution in [-0.4, -0.2) is 29.7 Å². The number of benzene rings is 1. The Bertz CT molecular complexity index is 425. The Hall–Kier alpha value is -1.00. The molecule has 0 aromatic heterocycles. The van der Waals surface area contributed by atoms with Gasteiger partial charge in [-0.3, -0.25) is 4.90 Å². The molecule has 1 radical (unpaired) electrons. The van der Waals surface area contributed by atoms with Crippen molar-refractivity contribution in [2.24, 2.45) is 5.92 Å². The first-order valence-corrected chi connectivity index (χ1v) is 6.75. The fourth-order valence-corrected chi connectivity index (χ4v) is 2.79. The largest absolute Gasteiger partial charge is 0.396 e. The van der Waals surface area contributed by atoms with Gasteiger partial charge in [-0.1, -0.05) is 6.92 Å². The number of nitrogens with zero attached hydrogens (tertiary/aromatic N) is 1. The average molecular weight is 268 g/mol. The zero-order valence-electron chi connectivity index (χ0n) is 11.1. The van der Waals surface area contributed by atoms with Crippen LogP contribution < -0.4 is 0 Å². The first kappa shape index (κ1) is 14.4. The second kappa shape index (κ2) is 6.44. The van der Waals surface area contributed by atoms with E-state index in [0.717, 1.165) is 32.0 Å². The maximum absolute atomic E-state index is 13.8. The molecule has 1 saturated heterocycles. The molecule has 19 heavy (non-hydrogen) atoms. The van der Waals surface area contributed by atoms with E-state index in [2.05, 4.69) is 4.90 Å². The number of rotatable bonds is 5. The molecule has 2 atom stereocenters. The molecule has 0 spiro atoms. The summed E-state index contributed by atoms with van der Waals surface area (Å²) in [5.74, 6) is -0.488. The lowest BCUT2D eigenvalue weighted by atomic mass is 10.0. The van der Waals surface area contributed by atoms with Gasteiger partial charge in [-0.25, -0.2) is 8.78 Å². The number of aliphatic hydroxyl groups excluding tert-OH is 1. The monoisotopic (exact) mass is 268 g/mol. The summed E-state index contributed by atoms with van der Waals surface area (Å²) in [4.78, 5) is 2.18. The molecule has 105 valence electrons. The zero-order chi connectivity index (χ0) is 13.8. The minimum Gasteiger partial charge on any atom is -0.396 e. The molecule has 0 bridgehead atoms. The second-order valence-electron chi connectivity index (χ2n) is 5.21. The SMILES string of the molecule is C[C@@H]([CH]CO)CN1CCC[C@@H]1c1cc(F)ccc1F. The molecule has 1 heterocycles. The molecule has 2 nitrogen and oxygen atoms in total. The number of halogens is 2. The van der Waals surface area contributed by atoms with Gasteiger partial charge in [0.1, 0.15) is 11.6 Å². The van der Waals surface area contributed by atoms with E-state index in [1.54, 1.807) is 0 Å². The van der Waals surface area contributed by atoms with Crippen molar-refractivity contribution in [2.45, 2.75) is 25.8 Å². The van der Waals surface area contributed by atoms with Gasteiger partial charge in [0.2, 0.25) is 0 Å². The summed E-state index contributed by atoms with van der Waals surface area (Å²) in [5, 5.41) is 8.89. The van der Waals surface area contributed by atoms with Gasteiger partial charge in [-0.05, 0) is 49.9 Å². The standard InChI is InChI=1S/C15H20F2NO/c1-11(6-8-19)10-18-7-2-3-15(18)13-9-12(16)4-5-14(13)17/h4-6,9,11,15,19H,2-3,7-8,10H2,1H3/t11-,15+/m0/s1. The summed E-state index contributed by atoms with van der Waals surface area (Å²) in [7, 11) is 0. The van der Waals surface area contributed by atoms with E-state index in [-0.39, 0.29) is 24.4 Å². The highest BCUT2D eigenvalue weighted by atomic mass is 19.1. The number of likely N-dealkylation sites (tertiary alicyclic amines) is 1. The Morgan fingerprint density at radius 2 is 2.26 bits per heavy atom. The second-order valence-corrected chi connectivity index (χ2v) is 5.21. The summed E-state index contributed by atoms with van der Waals surface area (Å²) in [6.07, 6.45) is 3.68. The Morgan fingerprint density at radius 3 is 3.00 bits per heavy atom. The molecule has 1 aliphatic heterocycles. The van der Waals surface area contributed by atoms with Crippen LogP contribution in [-0.2, 0) is 0 Å². The molecule has 1 aliphatic rings. The molecular weight excluding hydrogens is 248 g/mol. The van der Waals surface area contributed by atoms with Crippen LogP contribution in [0.5, 0.6) is 0 Å². The van der Waals surface area contributed by atoms with Crippen molar-refractivity contribution in [2.75, 3.05) is 19.7 Å². The van der Waals surface area contributed by atoms with Crippen molar-refractivity contribution in [1.29, 1.82) is 0 Å². The van der Waals surface area contributed by atoms with Crippen molar-refractivity contribution < 1.29 is 13.9 Å². The molecule has 1 aromatic carbocycles. The van der Waals surface area contributed by atoms with Gasteiger partial charge >= 0.3 is 0 Å². The summed E-state index contributed by atoms with van der Waals surface area (Å²) < 4.78 is 27.1. The maximum atomic E-state index is 13.8. The van der Waals surface area contributed by atoms with Crippen molar-refractivity contribution in [3.8, 4) is 0 Å². The van der Waals surface area contributed by atoms with E-state index in [1.807, 2.05) is 13.3 Å². The van der Waals surface area contributed by atoms with Gasteiger partial charge in [0, 0.05) is 24.8 Å². The average Bonchev–Trinajstić information content (AvgIpc) is 2.80. The summed E-state index contributed by atoms with van der Waals surface area (Å²) in [5.41, 5.74) is 0.452. The van der Waals surface area contributed by atoms with Gasteiger partial charge in [0.05, 0.1) is 0 Å². The third-order valence-electron chi connectivity index (χ3n) is 3.71. The van der Waals surface area contributed by atoms with Crippen LogP contribution in [0, 0.1) is 24.0 Å². The third-order valence-corrected chi connectivity index (χ3v) is 3.71. The molecule has 1 aromatic rings. The Morgan fingerprint density at radius 1 is 1.47 bits per heavy atom. The van der Waals surface area contributed by atoms with Crippen molar-refractivity contribution >= 4 is 0 Å². The zero-order valence-corrected chi connectivity index (χ0v) is 11.1. The molecule has 1 N–H and O–H groups in total. The van der Waals surface area contributed by atoms with E-state index in [1.165, 1.54) is 12.1 Å². The van der Waals surface area contributed by atoms with Crippen LogP contribution in [0.1, 0.15) is 31.4 Å². The Balaban J connectivity index is 2.11. The minimum atomic E-state index is -0.391. The van der Waals surface area contributed by atoms with Crippen molar-refractivity contribution in [3.63, 3.8) is 0 Å². The van der Waals surface area contributed by atoms with E-state index in [9.17, 15) is 8.78 Å². The number of aliphatic hydroxyl groups is 1. The Kier molecular flexibility index (Phi) is 4.88. The van der Waals surface area contributed by atoms with Gasteiger partial charge in [0.25, 0.3) is 0 Å². The fraction of sp³-hybridized carbons (Fsp3) is 0.533. The topological polar surface area (TPSA) is 23.5 Å². The number of hydrogen-bond acceptors (Lipinski definition) is 2. The van der Waals surface area contributed by atoms with Crippen LogP contribution >= 0.6 is 0 Å². The lowest BCUT2D eigenvalue weighted by Crippen LogP contribution is -2.29. The molecule has 0 amide bonds. The lowest BCUT2D eigenvalue weighted by molar-refractivity contribution is 0.217. The van der Waals surface area contributed by atoms with Crippen LogP contribution in [0.15, 0.2) is 18.2 Å². The van der Waals surface area contributed by atoms with Crippen LogP contribution in [0.2, 0.25) is 0 Å². The van der Waals surface area contributed by atoms with E-state index in [4.69, 9.17) is 5.11 Å². The summed E-state index contributed by atoms with van der Waals surface area (Å²) >= 11 is 0. The summed E-state index contributed by atoms with van der Waals surface area (Å²) in [6, 6.07) is 3.61. The normalized spacial score (nSPS) is 21.8. The molecule has 0 unspecified atom stereocenters. The van der Waals surface area contributed by atoms with Gasteiger partial charge < -0.3 is 5.11 Å². The Labute approximate surface area is 113 Å². The highest BCUT2D eigenvalue weighted by Gasteiger charge is 2.29. The first-order chi connectivity index (χ1) is 9.11. The first-order valence-electron chi connectivity index (χ1n) is 6.75. The van der Waals surface area contributed by atoms with Gasteiger partial charge in [-0.15, -0.1) is 0 Å². The van der Waals surface area contributed by atoms with Gasteiger partial charge in [-0.2, -0.15) is 0 Å². The van der Waals surface area contributed by atoms with Crippen LogP contribution in [0.3, 0.4) is 0 Å². The molecule has 2 rings (SSSR count). The van der Waals surface area contributed by atoms with E-state index in [0.29, 0.717) is 5.56 Å². The fourth-order valence-electron chi connectivity index (χ4n) is 2.79. The van der Waals surface area contributed by atoms with E-state index >= 15 is 0 Å². The molecule has 0 saturated carbocycles. The minimum absolute atomic E-state index is 0.0496. The van der Waals surface area contributed by atoms with Gasteiger partial charge in [0.15, 0.2) is 0 Å². The van der Waals surface area contributed by atoms with Crippen LogP contribution in [0.4, 0.5) is 8.78 Å². The quantitative estimate of drug-likeness (QED) is 0.887. The van der Waals surface area contributed by atoms with Crippen molar-refractivity contribution in [3.05, 3.63) is 41.8 Å². The predicted octanol–water partition coefficient (Wildman–Crippen LogP) is 2.93. The third kappa shape index (κ3) is 3.51. The van der Waals surface area contributed by atoms with E-state index < -0.39 is 5.82 Å².